The quantitative estimate of drug-likeness (QED) is 0.660. The second kappa shape index (κ2) is 4.21. The number of ether oxygens (including phenoxy) is 6. The van der Waals surface area contributed by atoms with E-state index in [1.165, 1.54) is 0 Å². The molecule has 0 radical (unpaired) electrons. The van der Waals surface area contributed by atoms with Crippen LogP contribution in [0.3, 0.4) is 0 Å². The predicted molar refractivity (Wildman–Crippen MR) is 50.6 cm³/mol. The summed E-state index contributed by atoms with van der Waals surface area (Å²) in [6.45, 7) is 2.61. The number of fused-ring (bicyclic) bond motifs is 3. The van der Waals surface area contributed by atoms with E-state index in [0.29, 0.717) is 6.61 Å². The highest BCUT2D eigenvalue weighted by atomic mass is 16.8. The highest BCUT2D eigenvalue weighted by Crippen LogP contribution is 2.37. The Labute approximate surface area is 93.7 Å². The molecule has 3 heterocycles. The summed E-state index contributed by atoms with van der Waals surface area (Å²) in [6.07, 6.45) is -1.17. The lowest BCUT2D eigenvalue weighted by Gasteiger charge is -2.37. The highest BCUT2D eigenvalue weighted by Gasteiger charge is 2.55. The monoisotopic (exact) mass is 232 g/mol. The maximum Gasteiger partial charge on any atom is 0.189 e. The molecule has 6 nitrogen and oxygen atoms in total. The summed E-state index contributed by atoms with van der Waals surface area (Å²) in [6, 6.07) is 0. The van der Waals surface area contributed by atoms with Gasteiger partial charge < -0.3 is 28.4 Å². The molecule has 0 aromatic carbocycles. The zero-order valence-electron chi connectivity index (χ0n) is 9.33. The smallest absolute Gasteiger partial charge is 0.189 e. The molecule has 0 amide bonds. The first-order chi connectivity index (χ1) is 7.79. The summed E-state index contributed by atoms with van der Waals surface area (Å²) in [7, 11) is 1.64. The molecule has 16 heavy (non-hydrogen) atoms. The number of methoxy groups -OCH3 is 1. The highest BCUT2D eigenvalue weighted by molar-refractivity contribution is 4.96. The Morgan fingerprint density at radius 2 is 1.94 bits per heavy atom. The minimum absolute atomic E-state index is 0.128. The fourth-order valence-corrected chi connectivity index (χ4v) is 2.47. The van der Waals surface area contributed by atoms with Crippen molar-refractivity contribution in [3.63, 3.8) is 0 Å². The van der Waals surface area contributed by atoms with Crippen molar-refractivity contribution in [1.82, 2.24) is 0 Å². The van der Waals surface area contributed by atoms with Crippen LogP contribution in [0, 0.1) is 0 Å². The van der Waals surface area contributed by atoms with Crippen LogP contribution in [0.2, 0.25) is 0 Å². The number of hydrogen-bond donors (Lipinski definition) is 0. The van der Waals surface area contributed by atoms with Gasteiger partial charge in [0.05, 0.1) is 6.61 Å². The van der Waals surface area contributed by atoms with Crippen LogP contribution in [-0.4, -0.2) is 57.5 Å². The van der Waals surface area contributed by atoms with Crippen molar-refractivity contribution in [2.45, 2.75) is 43.9 Å². The maximum atomic E-state index is 5.73. The standard InChI is InChI=1S/C10H16O6/c1-5-14-6(3-11-2)7-8(15-5)9-10(16-7)13-4-12-9/h5-10H,3-4H2,1-2H3/t5?,6?,7-,8+,9-,10+/m1/s1. The van der Waals surface area contributed by atoms with Crippen LogP contribution in [0.15, 0.2) is 0 Å². The molecule has 0 aliphatic carbocycles. The molecule has 3 aliphatic rings. The Kier molecular flexibility index (Phi) is 2.87. The van der Waals surface area contributed by atoms with Crippen molar-refractivity contribution in [3.8, 4) is 0 Å². The average molecular weight is 232 g/mol. The van der Waals surface area contributed by atoms with Crippen molar-refractivity contribution in [1.29, 1.82) is 0 Å². The van der Waals surface area contributed by atoms with Gasteiger partial charge in [0.15, 0.2) is 19.4 Å². The van der Waals surface area contributed by atoms with E-state index < -0.39 is 0 Å². The van der Waals surface area contributed by atoms with Crippen molar-refractivity contribution >= 4 is 0 Å². The maximum absolute atomic E-state index is 5.73. The van der Waals surface area contributed by atoms with E-state index in [2.05, 4.69) is 0 Å². The van der Waals surface area contributed by atoms with Crippen LogP contribution < -0.4 is 0 Å². The third-order valence-corrected chi connectivity index (χ3v) is 3.11. The molecule has 6 atom stereocenters. The van der Waals surface area contributed by atoms with Crippen LogP contribution in [0.25, 0.3) is 0 Å². The summed E-state index contributed by atoms with van der Waals surface area (Å²) in [5.74, 6) is 0. The SMILES string of the molecule is COCC1OC(C)O[C@@H]2[C@H]3OCO[C@H]3O[C@H]12. The molecule has 3 rings (SSSR count). The van der Waals surface area contributed by atoms with Gasteiger partial charge in [0.25, 0.3) is 0 Å². The molecule has 0 spiro atoms. The second-order valence-corrected chi connectivity index (χ2v) is 4.18. The van der Waals surface area contributed by atoms with Gasteiger partial charge in [-0.2, -0.15) is 0 Å². The average Bonchev–Trinajstić information content (AvgIpc) is 2.79. The van der Waals surface area contributed by atoms with E-state index in [-0.39, 0.29) is 43.8 Å². The van der Waals surface area contributed by atoms with Gasteiger partial charge >= 0.3 is 0 Å². The second-order valence-electron chi connectivity index (χ2n) is 4.18. The summed E-state index contributed by atoms with van der Waals surface area (Å²) < 4.78 is 32.9. The van der Waals surface area contributed by atoms with Gasteiger partial charge in [0.2, 0.25) is 0 Å². The lowest BCUT2D eigenvalue weighted by atomic mass is 10.0. The molecule has 3 aliphatic heterocycles. The van der Waals surface area contributed by atoms with Gasteiger partial charge in [0.1, 0.15) is 24.4 Å². The van der Waals surface area contributed by atoms with Crippen LogP contribution in [0.4, 0.5) is 0 Å². The van der Waals surface area contributed by atoms with E-state index in [1.54, 1.807) is 7.11 Å². The third-order valence-electron chi connectivity index (χ3n) is 3.11. The van der Waals surface area contributed by atoms with E-state index >= 15 is 0 Å². The van der Waals surface area contributed by atoms with Crippen LogP contribution in [0.5, 0.6) is 0 Å². The van der Waals surface area contributed by atoms with Crippen LogP contribution >= 0.6 is 0 Å². The number of hydrogen-bond acceptors (Lipinski definition) is 6. The molecule has 6 heteroatoms. The molecule has 2 unspecified atom stereocenters. The lowest BCUT2D eigenvalue weighted by molar-refractivity contribution is -0.290. The minimum Gasteiger partial charge on any atom is -0.382 e. The van der Waals surface area contributed by atoms with Gasteiger partial charge in [-0.1, -0.05) is 0 Å². The first-order valence-electron chi connectivity index (χ1n) is 5.48. The van der Waals surface area contributed by atoms with Gasteiger partial charge in [-0.25, -0.2) is 0 Å². The van der Waals surface area contributed by atoms with Gasteiger partial charge in [0, 0.05) is 7.11 Å². The number of rotatable bonds is 2. The van der Waals surface area contributed by atoms with Crippen molar-refractivity contribution in [2.24, 2.45) is 0 Å². The minimum atomic E-state index is -0.330. The van der Waals surface area contributed by atoms with Gasteiger partial charge in [-0.05, 0) is 6.92 Å². The molecule has 0 bridgehead atoms. The van der Waals surface area contributed by atoms with E-state index in [9.17, 15) is 0 Å². The predicted octanol–water partition coefficient (Wildman–Crippen LogP) is -0.139. The molecule has 0 saturated carbocycles. The molecule has 0 aromatic heterocycles. The summed E-state index contributed by atoms with van der Waals surface area (Å²) in [4.78, 5) is 0. The lowest BCUT2D eigenvalue weighted by Crippen LogP contribution is -2.52. The van der Waals surface area contributed by atoms with E-state index in [4.69, 9.17) is 28.4 Å². The van der Waals surface area contributed by atoms with Crippen LogP contribution in [-0.2, 0) is 28.4 Å². The molecule has 3 fully saturated rings. The Hall–Kier alpha value is -0.240. The van der Waals surface area contributed by atoms with Crippen molar-refractivity contribution in [3.05, 3.63) is 0 Å². The topological polar surface area (TPSA) is 55.4 Å². The molecule has 0 N–H and O–H groups in total. The van der Waals surface area contributed by atoms with Crippen molar-refractivity contribution < 1.29 is 28.4 Å². The zero-order valence-corrected chi connectivity index (χ0v) is 9.33. The zero-order chi connectivity index (χ0) is 11.1. The van der Waals surface area contributed by atoms with Gasteiger partial charge in [-0.3, -0.25) is 0 Å². The van der Waals surface area contributed by atoms with Gasteiger partial charge in [-0.15, -0.1) is 0 Å². The fourth-order valence-electron chi connectivity index (χ4n) is 2.47. The molecule has 0 aromatic rings. The van der Waals surface area contributed by atoms with Crippen LogP contribution in [0.1, 0.15) is 6.92 Å². The Bertz CT molecular complexity index is 260. The van der Waals surface area contributed by atoms with E-state index in [0.717, 1.165) is 0 Å². The Morgan fingerprint density at radius 3 is 2.75 bits per heavy atom. The molecular formula is C10H16O6. The third kappa shape index (κ3) is 1.66. The van der Waals surface area contributed by atoms with E-state index in [1.807, 2.05) is 6.92 Å². The normalized spacial score (nSPS) is 51.4. The fraction of sp³-hybridized carbons (Fsp3) is 1.00. The summed E-state index contributed by atoms with van der Waals surface area (Å²) in [5.41, 5.74) is 0. The first-order valence-corrected chi connectivity index (χ1v) is 5.48. The molecular weight excluding hydrogens is 216 g/mol. The molecule has 3 saturated heterocycles. The summed E-state index contributed by atoms with van der Waals surface area (Å²) in [5, 5.41) is 0. The first kappa shape index (κ1) is 10.9. The Balaban J connectivity index is 1.76. The summed E-state index contributed by atoms with van der Waals surface area (Å²) >= 11 is 0. The van der Waals surface area contributed by atoms with Crippen molar-refractivity contribution in [2.75, 3.05) is 20.5 Å². The largest absolute Gasteiger partial charge is 0.382 e. The Morgan fingerprint density at radius 1 is 1.06 bits per heavy atom. The molecule has 92 valence electrons.